The monoisotopic (exact) mass is 425 g/mol. The number of anilines is 1. The van der Waals surface area contributed by atoms with E-state index in [1.54, 1.807) is 6.08 Å². The number of hydrogen-bond acceptors (Lipinski definition) is 4. The van der Waals surface area contributed by atoms with E-state index in [0.717, 1.165) is 36.8 Å². The highest BCUT2D eigenvalue weighted by Gasteiger charge is 2.29. The van der Waals surface area contributed by atoms with Crippen LogP contribution in [-0.2, 0) is 22.4 Å². The van der Waals surface area contributed by atoms with Gasteiger partial charge in [0, 0.05) is 11.0 Å². The van der Waals surface area contributed by atoms with Crippen LogP contribution in [0.1, 0.15) is 78.4 Å². The molecule has 0 bridgehead atoms. The molecule has 1 heterocycles. The van der Waals surface area contributed by atoms with Crippen LogP contribution in [0.25, 0.3) is 6.08 Å². The average Bonchev–Trinajstić information content (AvgIpc) is 3.07. The molecule has 1 N–H and O–H groups in total. The number of ether oxygens (including phenoxy) is 1. The van der Waals surface area contributed by atoms with E-state index in [1.807, 2.05) is 19.1 Å². The van der Waals surface area contributed by atoms with E-state index < -0.39 is 0 Å². The zero-order chi connectivity index (χ0) is 21.7. The zero-order valence-corrected chi connectivity index (χ0v) is 19.1. The molecule has 3 rings (SSSR count). The van der Waals surface area contributed by atoms with Gasteiger partial charge in [-0.3, -0.25) is 4.79 Å². The predicted octanol–water partition coefficient (Wildman–Crippen LogP) is 6.22. The Hall–Kier alpha value is -2.40. The fourth-order valence-electron chi connectivity index (χ4n) is 3.64. The maximum Gasteiger partial charge on any atom is 0.341 e. The van der Waals surface area contributed by atoms with E-state index >= 15 is 0 Å². The van der Waals surface area contributed by atoms with Crippen molar-refractivity contribution in [1.29, 1.82) is 0 Å². The van der Waals surface area contributed by atoms with Gasteiger partial charge < -0.3 is 10.1 Å². The summed E-state index contributed by atoms with van der Waals surface area (Å²) in [5.74, 6) is 0.504. The van der Waals surface area contributed by atoms with E-state index in [0.29, 0.717) is 29.0 Å². The molecule has 1 unspecified atom stereocenters. The van der Waals surface area contributed by atoms with Crippen LogP contribution in [0.3, 0.4) is 0 Å². The predicted molar refractivity (Wildman–Crippen MR) is 124 cm³/mol. The molecule has 30 heavy (non-hydrogen) atoms. The van der Waals surface area contributed by atoms with Gasteiger partial charge in [-0.1, -0.05) is 52.0 Å². The molecule has 1 aliphatic carbocycles. The summed E-state index contributed by atoms with van der Waals surface area (Å²) in [6.07, 6.45) is 6.95. The maximum absolute atomic E-state index is 12.7. The fraction of sp³-hybridized carbons (Fsp3) is 0.440. The van der Waals surface area contributed by atoms with E-state index in [2.05, 4.69) is 38.2 Å². The number of benzene rings is 1. The third kappa shape index (κ3) is 5.39. The Bertz CT molecular complexity index is 925. The van der Waals surface area contributed by atoms with Crippen LogP contribution in [0, 0.1) is 5.92 Å². The molecule has 0 saturated carbocycles. The first-order valence-corrected chi connectivity index (χ1v) is 11.6. The molecule has 1 aliphatic rings. The van der Waals surface area contributed by atoms with Gasteiger partial charge in [-0.2, -0.15) is 0 Å². The molecule has 1 amide bonds. The van der Waals surface area contributed by atoms with Crippen LogP contribution >= 0.6 is 11.3 Å². The Morgan fingerprint density at radius 2 is 2.00 bits per heavy atom. The first-order valence-electron chi connectivity index (χ1n) is 10.8. The first-order chi connectivity index (χ1) is 14.4. The molecule has 0 fully saturated rings. The second-order valence-corrected chi connectivity index (χ2v) is 9.44. The van der Waals surface area contributed by atoms with Gasteiger partial charge in [0.05, 0.1) is 12.2 Å². The number of fused-ring (bicyclic) bond motifs is 1. The molecule has 1 aromatic carbocycles. The number of amides is 1. The van der Waals surface area contributed by atoms with Gasteiger partial charge in [-0.15, -0.1) is 11.3 Å². The molecule has 0 aliphatic heterocycles. The van der Waals surface area contributed by atoms with Crippen molar-refractivity contribution in [3.63, 3.8) is 0 Å². The standard InChI is InChI=1S/C25H31NO3S/c1-5-14-29-25(28)23-20-12-6-17(4)15-21(20)30-24(23)26-22(27)13-9-18-7-10-19(11-8-18)16(2)3/h7-11,13,16-17H,5-6,12,14-15H2,1-4H3,(H,26,27). The normalized spacial score (nSPS) is 16.0. The number of hydrogen-bond donors (Lipinski definition) is 1. The summed E-state index contributed by atoms with van der Waals surface area (Å²) in [4.78, 5) is 26.5. The van der Waals surface area contributed by atoms with Gasteiger partial charge in [0.25, 0.3) is 0 Å². The Balaban J connectivity index is 1.77. The minimum atomic E-state index is -0.326. The molecule has 2 aromatic rings. The van der Waals surface area contributed by atoms with Gasteiger partial charge in [-0.05, 0) is 60.3 Å². The van der Waals surface area contributed by atoms with Crippen molar-refractivity contribution in [3.8, 4) is 0 Å². The summed E-state index contributed by atoms with van der Waals surface area (Å²) in [5.41, 5.74) is 3.85. The summed E-state index contributed by atoms with van der Waals surface area (Å²) in [7, 11) is 0. The van der Waals surface area contributed by atoms with Gasteiger partial charge >= 0.3 is 5.97 Å². The van der Waals surface area contributed by atoms with Gasteiger partial charge in [-0.25, -0.2) is 4.79 Å². The highest BCUT2D eigenvalue weighted by molar-refractivity contribution is 7.17. The Labute approximate surface area is 183 Å². The topological polar surface area (TPSA) is 55.4 Å². The smallest absolute Gasteiger partial charge is 0.341 e. The van der Waals surface area contributed by atoms with Gasteiger partial charge in [0.15, 0.2) is 0 Å². The van der Waals surface area contributed by atoms with Crippen molar-refractivity contribution in [2.45, 2.75) is 59.3 Å². The third-order valence-corrected chi connectivity index (χ3v) is 6.59. The van der Waals surface area contributed by atoms with Crippen molar-refractivity contribution in [3.05, 3.63) is 57.5 Å². The summed E-state index contributed by atoms with van der Waals surface area (Å²) >= 11 is 1.52. The SMILES string of the molecule is CCCOC(=O)c1c(NC(=O)C=Cc2ccc(C(C)C)cc2)sc2c1CCC(C)C2. The summed E-state index contributed by atoms with van der Waals surface area (Å²) < 4.78 is 5.41. The molecule has 0 radical (unpaired) electrons. The van der Waals surface area contributed by atoms with Crippen LogP contribution in [0.2, 0.25) is 0 Å². The minimum absolute atomic E-state index is 0.237. The molecule has 1 atom stereocenters. The molecule has 5 heteroatoms. The first kappa shape index (κ1) is 22.3. The number of carbonyl (C=O) groups is 2. The van der Waals surface area contributed by atoms with E-state index in [4.69, 9.17) is 4.74 Å². The molecular weight excluding hydrogens is 394 g/mol. The third-order valence-electron chi connectivity index (χ3n) is 5.42. The lowest BCUT2D eigenvalue weighted by molar-refractivity contribution is -0.111. The molecular formula is C25H31NO3S. The molecule has 1 aromatic heterocycles. The number of esters is 1. The van der Waals surface area contributed by atoms with E-state index in [1.165, 1.54) is 27.9 Å². The highest BCUT2D eigenvalue weighted by Crippen LogP contribution is 2.40. The Morgan fingerprint density at radius 3 is 2.67 bits per heavy atom. The number of rotatable bonds is 7. The highest BCUT2D eigenvalue weighted by atomic mass is 32.1. The molecule has 4 nitrogen and oxygen atoms in total. The maximum atomic E-state index is 12.7. The lowest BCUT2D eigenvalue weighted by atomic mass is 9.88. The molecule has 0 saturated heterocycles. The summed E-state index contributed by atoms with van der Waals surface area (Å²) in [6.45, 7) is 8.90. The van der Waals surface area contributed by atoms with Crippen molar-refractivity contribution in [2.75, 3.05) is 11.9 Å². The van der Waals surface area contributed by atoms with Crippen LogP contribution < -0.4 is 5.32 Å². The van der Waals surface area contributed by atoms with Gasteiger partial charge in [0.1, 0.15) is 5.00 Å². The van der Waals surface area contributed by atoms with Crippen LogP contribution in [0.15, 0.2) is 30.3 Å². The summed E-state index contributed by atoms with van der Waals surface area (Å²) in [6, 6.07) is 8.19. The lowest BCUT2D eigenvalue weighted by Crippen LogP contribution is -2.16. The van der Waals surface area contributed by atoms with Crippen molar-refractivity contribution in [1.82, 2.24) is 0 Å². The Morgan fingerprint density at radius 1 is 1.27 bits per heavy atom. The Kier molecular flexibility index (Phi) is 7.48. The summed E-state index contributed by atoms with van der Waals surface area (Å²) in [5, 5.41) is 3.54. The molecule has 160 valence electrons. The fourth-order valence-corrected chi connectivity index (χ4v) is 5.04. The van der Waals surface area contributed by atoms with E-state index in [-0.39, 0.29) is 11.9 Å². The molecule has 0 spiro atoms. The van der Waals surface area contributed by atoms with E-state index in [9.17, 15) is 9.59 Å². The van der Waals surface area contributed by atoms with Crippen LogP contribution in [0.5, 0.6) is 0 Å². The quantitative estimate of drug-likeness (QED) is 0.423. The zero-order valence-electron chi connectivity index (χ0n) is 18.3. The number of carbonyl (C=O) groups excluding carboxylic acids is 2. The number of thiophene rings is 1. The second-order valence-electron chi connectivity index (χ2n) is 8.34. The lowest BCUT2D eigenvalue weighted by Gasteiger charge is -2.18. The largest absolute Gasteiger partial charge is 0.462 e. The van der Waals surface area contributed by atoms with Crippen LogP contribution in [0.4, 0.5) is 5.00 Å². The van der Waals surface area contributed by atoms with Crippen LogP contribution in [-0.4, -0.2) is 18.5 Å². The average molecular weight is 426 g/mol. The minimum Gasteiger partial charge on any atom is -0.462 e. The number of nitrogens with one attached hydrogen (secondary N) is 1. The van der Waals surface area contributed by atoms with Crippen molar-refractivity contribution >= 4 is 34.3 Å². The van der Waals surface area contributed by atoms with Gasteiger partial charge in [0.2, 0.25) is 5.91 Å². The van der Waals surface area contributed by atoms with Crippen molar-refractivity contribution < 1.29 is 14.3 Å². The van der Waals surface area contributed by atoms with Crippen molar-refractivity contribution in [2.24, 2.45) is 5.92 Å². The second kappa shape index (κ2) is 10.1.